The fourth-order valence-corrected chi connectivity index (χ4v) is 1.87. The molecule has 1 aliphatic rings. The van der Waals surface area contributed by atoms with Crippen molar-refractivity contribution < 1.29 is 0 Å². The van der Waals surface area contributed by atoms with E-state index in [0.717, 1.165) is 11.3 Å². The van der Waals surface area contributed by atoms with Crippen LogP contribution >= 0.6 is 34.8 Å². The number of nitrogens with zero attached hydrogens (tertiary/aromatic N) is 1. The highest BCUT2D eigenvalue weighted by molar-refractivity contribution is 6.73. The highest BCUT2D eigenvalue weighted by atomic mass is 35.5. The van der Waals surface area contributed by atoms with Crippen molar-refractivity contribution in [1.29, 1.82) is 0 Å². The van der Waals surface area contributed by atoms with E-state index in [2.05, 4.69) is 4.99 Å². The first-order valence-electron chi connectivity index (χ1n) is 2.92. The predicted molar refractivity (Wildman–Crippen MR) is 48.5 cm³/mol. The summed E-state index contributed by atoms with van der Waals surface area (Å²) in [7, 11) is 0. The summed E-state index contributed by atoms with van der Waals surface area (Å²) in [5, 5.41) is 1.61. The molecule has 0 saturated heterocycles. The van der Waals surface area contributed by atoms with E-state index in [9.17, 15) is 0 Å². The zero-order valence-corrected chi connectivity index (χ0v) is 7.50. The molecule has 1 aliphatic heterocycles. The Balaban J connectivity index is 2.65. The largest absolute Gasteiger partial charge is 0.235 e. The highest BCUT2D eigenvalue weighted by Gasteiger charge is 2.20. The first-order chi connectivity index (χ1) is 5.18. The van der Waals surface area contributed by atoms with Gasteiger partial charge in [-0.05, 0) is 12.1 Å². The minimum atomic E-state index is 0.460. The average molecular weight is 206 g/mol. The van der Waals surface area contributed by atoms with Crippen molar-refractivity contribution in [2.24, 2.45) is 4.99 Å². The third-order valence-electron chi connectivity index (χ3n) is 1.46. The molecule has 1 heterocycles. The van der Waals surface area contributed by atoms with Crippen LogP contribution in [0.4, 0.5) is 5.69 Å². The minimum Gasteiger partial charge on any atom is -0.235 e. The molecule has 0 unspecified atom stereocenters. The van der Waals surface area contributed by atoms with Crippen molar-refractivity contribution in [1.82, 2.24) is 0 Å². The SMILES string of the molecule is ClC1=Nc2cc(Cl)cc(Cl)c21. The lowest BCUT2D eigenvalue weighted by molar-refractivity contribution is 1.43. The number of fused-ring (bicyclic) bond motifs is 1. The maximum absolute atomic E-state index is 5.82. The van der Waals surface area contributed by atoms with Crippen LogP contribution in [0.25, 0.3) is 0 Å². The van der Waals surface area contributed by atoms with E-state index in [4.69, 9.17) is 34.8 Å². The molecule has 0 saturated carbocycles. The van der Waals surface area contributed by atoms with Gasteiger partial charge in [0.2, 0.25) is 0 Å². The van der Waals surface area contributed by atoms with Gasteiger partial charge in [0, 0.05) is 5.02 Å². The van der Waals surface area contributed by atoms with E-state index in [1.54, 1.807) is 12.1 Å². The zero-order chi connectivity index (χ0) is 8.01. The summed E-state index contributed by atoms with van der Waals surface area (Å²) in [5.41, 5.74) is 1.57. The van der Waals surface area contributed by atoms with Crippen LogP contribution in [-0.4, -0.2) is 5.17 Å². The standard InChI is InChI=1S/C7H2Cl3N/c8-3-1-4(9)6-5(2-3)11-7(6)10/h1-2H. The molecule has 0 aliphatic carbocycles. The number of halogens is 3. The van der Waals surface area contributed by atoms with Crippen LogP contribution in [0, 0.1) is 0 Å². The third kappa shape index (κ3) is 1.04. The van der Waals surface area contributed by atoms with E-state index >= 15 is 0 Å². The Morgan fingerprint density at radius 1 is 1.09 bits per heavy atom. The summed E-state index contributed by atoms with van der Waals surface area (Å²) in [6, 6.07) is 3.38. The minimum absolute atomic E-state index is 0.460. The molecule has 0 bridgehead atoms. The number of rotatable bonds is 0. The van der Waals surface area contributed by atoms with Gasteiger partial charge in [0.05, 0.1) is 16.3 Å². The molecule has 56 valence electrons. The average Bonchev–Trinajstić information content (AvgIpc) is 1.83. The molecule has 0 radical (unpaired) electrons. The Morgan fingerprint density at radius 2 is 1.82 bits per heavy atom. The van der Waals surface area contributed by atoms with Crippen molar-refractivity contribution in [3.63, 3.8) is 0 Å². The van der Waals surface area contributed by atoms with Crippen molar-refractivity contribution >= 4 is 45.7 Å². The summed E-state index contributed by atoms with van der Waals surface area (Å²) in [5.74, 6) is 0. The summed E-state index contributed by atoms with van der Waals surface area (Å²) < 4.78 is 0. The smallest absolute Gasteiger partial charge is 0.140 e. The maximum Gasteiger partial charge on any atom is 0.140 e. The van der Waals surface area contributed by atoms with Gasteiger partial charge >= 0.3 is 0 Å². The van der Waals surface area contributed by atoms with Crippen LogP contribution in [0.3, 0.4) is 0 Å². The van der Waals surface area contributed by atoms with Gasteiger partial charge < -0.3 is 0 Å². The van der Waals surface area contributed by atoms with Gasteiger partial charge in [-0.15, -0.1) is 0 Å². The van der Waals surface area contributed by atoms with Crippen molar-refractivity contribution in [2.75, 3.05) is 0 Å². The van der Waals surface area contributed by atoms with Crippen LogP contribution in [0.1, 0.15) is 5.56 Å². The molecule has 0 fully saturated rings. The molecule has 0 aromatic heterocycles. The number of hydrogen-bond acceptors (Lipinski definition) is 1. The molecule has 1 nitrogen and oxygen atoms in total. The number of hydrogen-bond donors (Lipinski definition) is 0. The fraction of sp³-hybridized carbons (Fsp3) is 0. The Morgan fingerprint density at radius 3 is 2.36 bits per heavy atom. The van der Waals surface area contributed by atoms with Crippen LogP contribution in [0.5, 0.6) is 0 Å². The zero-order valence-electron chi connectivity index (χ0n) is 5.24. The Labute approximate surface area is 78.6 Å². The van der Waals surface area contributed by atoms with Gasteiger partial charge in [0.1, 0.15) is 5.17 Å². The molecule has 0 N–H and O–H groups in total. The van der Waals surface area contributed by atoms with Crippen molar-refractivity contribution in [3.05, 3.63) is 27.7 Å². The summed E-state index contributed by atoms with van der Waals surface area (Å²) in [6.45, 7) is 0. The van der Waals surface area contributed by atoms with E-state index in [-0.39, 0.29) is 0 Å². The molecule has 0 atom stereocenters. The van der Waals surface area contributed by atoms with Crippen molar-refractivity contribution in [2.45, 2.75) is 0 Å². The molecule has 0 amide bonds. The van der Waals surface area contributed by atoms with Crippen LogP contribution in [-0.2, 0) is 0 Å². The van der Waals surface area contributed by atoms with Crippen LogP contribution < -0.4 is 0 Å². The fourth-order valence-electron chi connectivity index (χ4n) is 0.961. The molecule has 4 heteroatoms. The van der Waals surface area contributed by atoms with Crippen LogP contribution in [0.2, 0.25) is 10.0 Å². The Bertz CT molecular complexity index is 357. The molecular weight excluding hydrogens is 204 g/mol. The second kappa shape index (κ2) is 2.37. The topological polar surface area (TPSA) is 12.4 Å². The summed E-state index contributed by atoms with van der Waals surface area (Å²) >= 11 is 17.2. The molecule has 2 rings (SSSR count). The van der Waals surface area contributed by atoms with E-state index in [1.807, 2.05) is 0 Å². The van der Waals surface area contributed by atoms with Gasteiger partial charge in [0.25, 0.3) is 0 Å². The lowest BCUT2D eigenvalue weighted by Gasteiger charge is -2.14. The van der Waals surface area contributed by atoms with Gasteiger partial charge in [-0.2, -0.15) is 0 Å². The van der Waals surface area contributed by atoms with Gasteiger partial charge in [-0.3, -0.25) is 0 Å². The van der Waals surface area contributed by atoms with Gasteiger partial charge in [-0.1, -0.05) is 34.8 Å². The molecule has 1 aromatic rings. The maximum atomic E-state index is 5.82. The monoisotopic (exact) mass is 205 g/mol. The van der Waals surface area contributed by atoms with Gasteiger partial charge in [0.15, 0.2) is 0 Å². The first kappa shape index (κ1) is 7.41. The van der Waals surface area contributed by atoms with E-state index in [0.29, 0.717) is 15.2 Å². The first-order valence-corrected chi connectivity index (χ1v) is 4.05. The predicted octanol–water partition coefficient (Wildman–Crippen LogP) is 3.62. The van der Waals surface area contributed by atoms with E-state index < -0.39 is 0 Å². The number of aliphatic imine (C=N–C) groups is 1. The summed E-state index contributed by atoms with van der Waals surface area (Å²) in [6.07, 6.45) is 0. The molecule has 1 aromatic carbocycles. The molecule has 0 spiro atoms. The second-order valence-electron chi connectivity index (χ2n) is 2.18. The second-order valence-corrected chi connectivity index (χ2v) is 3.39. The lowest BCUT2D eigenvalue weighted by atomic mass is 10.1. The quantitative estimate of drug-likeness (QED) is 0.615. The highest BCUT2D eigenvalue weighted by Crippen LogP contribution is 2.39. The third-order valence-corrected chi connectivity index (χ3v) is 2.25. The molecular formula is C7H2Cl3N. The molecule has 11 heavy (non-hydrogen) atoms. The van der Waals surface area contributed by atoms with Crippen LogP contribution in [0.15, 0.2) is 17.1 Å². The summed E-state index contributed by atoms with van der Waals surface area (Å²) in [4.78, 5) is 3.92. The Kier molecular flexibility index (Phi) is 1.60. The van der Waals surface area contributed by atoms with Gasteiger partial charge in [-0.25, -0.2) is 4.99 Å². The normalized spacial score (nSPS) is 13.5. The number of benzene rings is 1. The van der Waals surface area contributed by atoms with E-state index in [1.165, 1.54) is 0 Å². The lowest BCUT2D eigenvalue weighted by Crippen LogP contribution is -2.02. The van der Waals surface area contributed by atoms with Crippen molar-refractivity contribution in [3.8, 4) is 0 Å². The Hall–Kier alpha value is -0.240.